The van der Waals surface area contributed by atoms with Crippen molar-refractivity contribution in [2.45, 2.75) is 42.1 Å². The summed E-state index contributed by atoms with van der Waals surface area (Å²) in [6.07, 6.45) is 0.681. The summed E-state index contributed by atoms with van der Waals surface area (Å²) >= 11 is 1.63. The van der Waals surface area contributed by atoms with Crippen LogP contribution in [-0.2, 0) is 10.0 Å². The maximum Gasteiger partial charge on any atom is 0.251 e. The van der Waals surface area contributed by atoms with Gasteiger partial charge in [-0.05, 0) is 62.2 Å². The summed E-state index contributed by atoms with van der Waals surface area (Å²) in [5, 5.41) is 2.92. The van der Waals surface area contributed by atoms with E-state index in [-0.39, 0.29) is 34.3 Å². The van der Waals surface area contributed by atoms with Crippen LogP contribution < -0.4 is 5.32 Å². The molecule has 0 aliphatic carbocycles. The topological polar surface area (TPSA) is 66.5 Å². The van der Waals surface area contributed by atoms with E-state index >= 15 is 0 Å². The second-order valence-electron chi connectivity index (χ2n) is 6.99. The van der Waals surface area contributed by atoms with Crippen LogP contribution >= 0.6 is 11.8 Å². The van der Waals surface area contributed by atoms with Crippen LogP contribution in [0.3, 0.4) is 0 Å². The van der Waals surface area contributed by atoms with Gasteiger partial charge in [0.1, 0.15) is 5.82 Å². The van der Waals surface area contributed by atoms with Crippen molar-refractivity contribution in [2.75, 3.05) is 12.8 Å². The van der Waals surface area contributed by atoms with Crippen molar-refractivity contribution in [1.82, 2.24) is 9.62 Å². The molecule has 1 atom stereocenters. The highest BCUT2D eigenvalue weighted by Crippen LogP contribution is 2.36. The van der Waals surface area contributed by atoms with Gasteiger partial charge in [-0.1, -0.05) is 6.07 Å². The van der Waals surface area contributed by atoms with E-state index in [0.29, 0.717) is 6.42 Å². The lowest BCUT2D eigenvalue weighted by atomic mass is 10.0. The number of carbonyl (C=O) groups excluding carboxylic acids is 1. The highest BCUT2D eigenvalue weighted by atomic mass is 32.2. The van der Waals surface area contributed by atoms with E-state index < -0.39 is 10.0 Å². The zero-order chi connectivity index (χ0) is 20.5. The van der Waals surface area contributed by atoms with Gasteiger partial charge in [0.25, 0.3) is 5.91 Å². The molecule has 2 aromatic rings. The van der Waals surface area contributed by atoms with Crippen molar-refractivity contribution in [3.63, 3.8) is 0 Å². The van der Waals surface area contributed by atoms with E-state index in [4.69, 9.17) is 0 Å². The van der Waals surface area contributed by atoms with Gasteiger partial charge in [0.15, 0.2) is 0 Å². The summed E-state index contributed by atoms with van der Waals surface area (Å²) in [5.41, 5.74) is 1.02. The molecule has 2 aromatic carbocycles. The summed E-state index contributed by atoms with van der Waals surface area (Å²) in [6, 6.07) is 10.1. The van der Waals surface area contributed by atoms with E-state index in [9.17, 15) is 17.6 Å². The third-order valence-corrected chi connectivity index (χ3v) is 7.97. The van der Waals surface area contributed by atoms with E-state index in [2.05, 4.69) is 5.32 Å². The Balaban J connectivity index is 1.85. The third kappa shape index (κ3) is 4.24. The molecule has 0 fully saturated rings. The number of hydrogen-bond donors (Lipinski definition) is 1. The van der Waals surface area contributed by atoms with Gasteiger partial charge in [-0.3, -0.25) is 4.79 Å². The van der Waals surface area contributed by atoms with E-state index in [1.165, 1.54) is 35.6 Å². The molecule has 0 spiro atoms. The Morgan fingerprint density at radius 1 is 1.25 bits per heavy atom. The Morgan fingerprint density at radius 3 is 2.71 bits per heavy atom. The van der Waals surface area contributed by atoms with Crippen molar-refractivity contribution in [3.8, 4) is 0 Å². The Labute approximate surface area is 169 Å². The minimum atomic E-state index is -3.68. The molecule has 3 rings (SSSR count). The van der Waals surface area contributed by atoms with Crippen LogP contribution in [0.4, 0.5) is 4.39 Å². The number of nitrogens with one attached hydrogen (secondary N) is 1. The van der Waals surface area contributed by atoms with Gasteiger partial charge in [-0.2, -0.15) is 4.31 Å². The molecule has 0 saturated heterocycles. The zero-order valence-corrected chi connectivity index (χ0v) is 17.6. The molecule has 1 aliphatic rings. The van der Waals surface area contributed by atoms with Crippen LogP contribution in [0.1, 0.15) is 42.2 Å². The molecule has 1 aliphatic heterocycles. The van der Waals surface area contributed by atoms with Gasteiger partial charge < -0.3 is 5.32 Å². The fourth-order valence-corrected chi connectivity index (χ4v) is 5.52. The van der Waals surface area contributed by atoms with Crippen molar-refractivity contribution in [2.24, 2.45) is 0 Å². The first kappa shape index (κ1) is 20.8. The third-order valence-electron chi connectivity index (χ3n) is 4.82. The fourth-order valence-electron chi connectivity index (χ4n) is 3.00. The van der Waals surface area contributed by atoms with E-state index in [0.717, 1.165) is 16.2 Å². The second-order valence-corrected chi connectivity index (χ2v) is 10.1. The van der Waals surface area contributed by atoms with Crippen molar-refractivity contribution >= 4 is 27.7 Å². The summed E-state index contributed by atoms with van der Waals surface area (Å²) in [4.78, 5) is 13.8. The average molecular weight is 423 g/mol. The van der Waals surface area contributed by atoms with Crippen LogP contribution in [0.2, 0.25) is 0 Å². The number of sulfonamides is 1. The van der Waals surface area contributed by atoms with Gasteiger partial charge in [-0.25, -0.2) is 12.8 Å². The lowest BCUT2D eigenvalue weighted by Gasteiger charge is -2.26. The van der Waals surface area contributed by atoms with E-state index in [1.54, 1.807) is 43.8 Å². The molecule has 1 N–H and O–H groups in total. The highest BCUT2D eigenvalue weighted by molar-refractivity contribution is 7.99. The van der Waals surface area contributed by atoms with Gasteiger partial charge in [0.05, 0.1) is 10.9 Å². The fraction of sp³-hybridized carbons (Fsp3) is 0.350. The van der Waals surface area contributed by atoms with Crippen LogP contribution in [-0.4, -0.2) is 37.5 Å². The van der Waals surface area contributed by atoms with Crippen LogP contribution in [0.25, 0.3) is 0 Å². The van der Waals surface area contributed by atoms with Crippen molar-refractivity contribution < 1.29 is 17.6 Å². The van der Waals surface area contributed by atoms with Gasteiger partial charge in [-0.15, -0.1) is 11.8 Å². The van der Waals surface area contributed by atoms with Crippen molar-refractivity contribution in [1.29, 1.82) is 0 Å². The highest BCUT2D eigenvalue weighted by Gasteiger charge is 2.26. The second kappa shape index (κ2) is 8.23. The monoisotopic (exact) mass is 422 g/mol. The molecular weight excluding hydrogens is 399 g/mol. The number of thioether (sulfide) groups is 1. The van der Waals surface area contributed by atoms with Crippen LogP contribution in [0, 0.1) is 5.82 Å². The normalized spacial score (nSPS) is 16.9. The van der Waals surface area contributed by atoms with Gasteiger partial charge >= 0.3 is 0 Å². The Kier molecular flexibility index (Phi) is 6.12. The first-order valence-electron chi connectivity index (χ1n) is 9.01. The average Bonchev–Trinajstić information content (AvgIpc) is 2.67. The molecule has 28 heavy (non-hydrogen) atoms. The lowest BCUT2D eigenvalue weighted by Crippen LogP contribution is -2.33. The molecule has 1 heterocycles. The van der Waals surface area contributed by atoms with E-state index in [1.807, 2.05) is 0 Å². The number of benzene rings is 2. The molecule has 150 valence electrons. The Bertz CT molecular complexity index is 993. The Hall–Kier alpha value is -1.90. The number of carbonyl (C=O) groups is 1. The summed E-state index contributed by atoms with van der Waals surface area (Å²) in [6.45, 7) is 3.57. The maximum atomic E-state index is 13.7. The van der Waals surface area contributed by atoms with Crippen LogP contribution in [0.15, 0.2) is 52.3 Å². The number of hydrogen-bond acceptors (Lipinski definition) is 4. The molecule has 0 aromatic heterocycles. The van der Waals surface area contributed by atoms with Crippen molar-refractivity contribution in [3.05, 3.63) is 59.4 Å². The molecule has 5 nitrogen and oxygen atoms in total. The Morgan fingerprint density at radius 2 is 2.00 bits per heavy atom. The van der Waals surface area contributed by atoms with Gasteiger partial charge in [0.2, 0.25) is 10.0 Å². The lowest BCUT2D eigenvalue weighted by molar-refractivity contribution is 0.0934. The molecule has 0 bridgehead atoms. The molecule has 1 amide bonds. The standard InChI is InChI=1S/C20H23FN2O3S2/c1-13(2)23(3)28(25,26)16-6-4-5-14(11-16)20(24)22-18-9-10-27-19-8-7-15(21)12-17(18)19/h4-8,11-13,18H,9-10H2,1-3H3,(H,22,24). The largest absolute Gasteiger partial charge is 0.345 e. The molecular formula is C20H23FN2O3S2. The number of fused-ring (bicyclic) bond motifs is 1. The predicted octanol–water partition coefficient (Wildman–Crippen LogP) is 3.82. The minimum Gasteiger partial charge on any atom is -0.345 e. The number of nitrogens with zero attached hydrogens (tertiary/aromatic N) is 1. The SMILES string of the molecule is CC(C)N(C)S(=O)(=O)c1cccc(C(=O)NC2CCSc3ccc(F)cc32)c1. The maximum absolute atomic E-state index is 13.7. The first-order valence-corrected chi connectivity index (χ1v) is 11.4. The summed E-state index contributed by atoms with van der Waals surface area (Å²) < 4.78 is 40.3. The summed E-state index contributed by atoms with van der Waals surface area (Å²) in [5.74, 6) is 0.0960. The smallest absolute Gasteiger partial charge is 0.251 e. The molecule has 1 unspecified atom stereocenters. The predicted molar refractivity (Wildman–Crippen MR) is 108 cm³/mol. The number of amides is 1. The first-order chi connectivity index (χ1) is 13.2. The molecule has 0 saturated carbocycles. The number of halogens is 1. The quantitative estimate of drug-likeness (QED) is 0.796. The number of rotatable bonds is 5. The zero-order valence-electron chi connectivity index (χ0n) is 16.0. The summed E-state index contributed by atoms with van der Waals surface area (Å²) in [7, 11) is -2.17. The van der Waals surface area contributed by atoms with Gasteiger partial charge in [0, 0.05) is 29.3 Å². The van der Waals surface area contributed by atoms with Crippen LogP contribution in [0.5, 0.6) is 0 Å². The minimum absolute atomic E-state index is 0.0713. The molecule has 8 heteroatoms. The molecule has 0 radical (unpaired) electrons.